The summed E-state index contributed by atoms with van der Waals surface area (Å²) < 4.78 is 0. The zero-order valence-electron chi connectivity index (χ0n) is 20.7. The van der Waals surface area contributed by atoms with Gasteiger partial charge in [-0.25, -0.2) is 0 Å². The largest absolute Gasteiger partial charge is 0.356 e. The Bertz CT molecular complexity index is 553. The van der Waals surface area contributed by atoms with E-state index < -0.39 is 0 Å². The summed E-state index contributed by atoms with van der Waals surface area (Å²) in [5.74, 6) is 0. The van der Waals surface area contributed by atoms with E-state index in [1.54, 1.807) is 0 Å². The Labute approximate surface area is 194 Å². The minimum Gasteiger partial charge on any atom is -0.356 e. The minimum absolute atomic E-state index is 0.553. The van der Waals surface area contributed by atoms with Gasteiger partial charge in [-0.3, -0.25) is 0 Å². The number of hydrogen-bond acceptors (Lipinski definition) is 2. The zero-order chi connectivity index (χ0) is 22.0. The molecule has 2 rings (SSSR count). The van der Waals surface area contributed by atoms with Gasteiger partial charge in [0.15, 0.2) is 0 Å². The van der Waals surface area contributed by atoms with Gasteiger partial charge >= 0.3 is 0 Å². The van der Waals surface area contributed by atoms with Crippen molar-refractivity contribution in [3.8, 4) is 0 Å². The summed E-state index contributed by atoms with van der Waals surface area (Å²) in [5, 5.41) is 0. The number of benzene rings is 1. The molecule has 31 heavy (non-hydrogen) atoms. The van der Waals surface area contributed by atoms with Crippen LogP contribution in [0.3, 0.4) is 0 Å². The van der Waals surface area contributed by atoms with E-state index in [2.05, 4.69) is 66.4 Å². The molecule has 0 N–H and O–H groups in total. The first-order valence-corrected chi connectivity index (χ1v) is 13.6. The smallest absolute Gasteiger partial charge is 0.101 e. The quantitative estimate of drug-likeness (QED) is 0.204. The summed E-state index contributed by atoms with van der Waals surface area (Å²) in [6.07, 6.45) is 27.8. The molecule has 0 saturated heterocycles. The molecule has 1 atom stereocenters. The summed E-state index contributed by atoms with van der Waals surface area (Å²) >= 11 is 0. The lowest BCUT2D eigenvalue weighted by Gasteiger charge is -2.33. The van der Waals surface area contributed by atoms with Crippen LogP contribution in [0.2, 0.25) is 0 Å². The normalized spacial score (nSPS) is 15.9. The van der Waals surface area contributed by atoms with Crippen LogP contribution in [-0.2, 0) is 6.54 Å². The Hall–Kier alpha value is -1.44. The van der Waals surface area contributed by atoms with Crippen molar-refractivity contribution in [3.63, 3.8) is 0 Å². The maximum absolute atomic E-state index is 2.56. The van der Waals surface area contributed by atoms with Crippen LogP contribution in [0, 0.1) is 0 Å². The summed E-state index contributed by atoms with van der Waals surface area (Å²) in [4.78, 5) is 5.11. The average Bonchev–Trinajstić information content (AvgIpc) is 3.16. The lowest BCUT2D eigenvalue weighted by atomic mass is 10.0. The molecule has 0 amide bonds. The van der Waals surface area contributed by atoms with Gasteiger partial charge in [-0.1, -0.05) is 128 Å². The molecule has 1 heterocycles. The van der Waals surface area contributed by atoms with E-state index in [9.17, 15) is 0 Å². The van der Waals surface area contributed by atoms with E-state index in [0.29, 0.717) is 6.17 Å². The highest BCUT2D eigenvalue weighted by Crippen LogP contribution is 2.24. The van der Waals surface area contributed by atoms with Gasteiger partial charge in [-0.2, -0.15) is 0 Å². The molecule has 0 aromatic heterocycles. The Morgan fingerprint density at radius 1 is 0.581 bits per heavy atom. The third-order valence-electron chi connectivity index (χ3n) is 6.72. The van der Waals surface area contributed by atoms with E-state index in [4.69, 9.17) is 0 Å². The van der Waals surface area contributed by atoms with Crippen molar-refractivity contribution in [1.29, 1.82) is 0 Å². The Balaban J connectivity index is 1.51. The summed E-state index contributed by atoms with van der Waals surface area (Å²) in [5.41, 5.74) is 1.41. The maximum atomic E-state index is 2.56. The van der Waals surface area contributed by atoms with E-state index in [-0.39, 0.29) is 0 Å². The Kier molecular flexibility index (Phi) is 14.3. The lowest BCUT2D eigenvalue weighted by molar-refractivity contribution is 0.134. The Morgan fingerprint density at radius 2 is 1.10 bits per heavy atom. The molecule has 1 aliphatic rings. The molecule has 1 aromatic rings. The molecule has 2 nitrogen and oxygen atoms in total. The summed E-state index contributed by atoms with van der Waals surface area (Å²) in [7, 11) is 0. The van der Waals surface area contributed by atoms with Gasteiger partial charge in [0.25, 0.3) is 0 Å². The first kappa shape index (κ1) is 25.8. The molecule has 2 heteroatoms. The zero-order valence-corrected chi connectivity index (χ0v) is 20.7. The molecule has 0 aliphatic carbocycles. The number of unbranched alkanes of at least 4 members (excludes halogenated alkanes) is 13. The SMILES string of the molecule is CCCCCCCCCCCCCCCCC1N(CCC)C=CN1Cc1ccccc1. The molecular formula is C29H50N2. The van der Waals surface area contributed by atoms with Gasteiger partial charge in [-0.15, -0.1) is 0 Å². The number of hydrogen-bond donors (Lipinski definition) is 0. The fraction of sp³-hybridized carbons (Fsp3) is 0.724. The molecular weight excluding hydrogens is 376 g/mol. The fourth-order valence-electron chi connectivity index (χ4n) is 4.85. The molecule has 0 bridgehead atoms. The van der Waals surface area contributed by atoms with Crippen molar-refractivity contribution in [2.45, 2.75) is 129 Å². The molecule has 0 fully saturated rings. The van der Waals surface area contributed by atoms with Crippen LogP contribution in [0.5, 0.6) is 0 Å². The van der Waals surface area contributed by atoms with Gasteiger partial charge in [0, 0.05) is 25.5 Å². The van der Waals surface area contributed by atoms with Crippen LogP contribution >= 0.6 is 0 Å². The predicted octanol–water partition coefficient (Wildman–Crippen LogP) is 8.88. The predicted molar refractivity (Wildman–Crippen MR) is 137 cm³/mol. The number of rotatable bonds is 19. The highest BCUT2D eigenvalue weighted by molar-refractivity contribution is 5.15. The highest BCUT2D eigenvalue weighted by Gasteiger charge is 2.25. The topological polar surface area (TPSA) is 6.48 Å². The van der Waals surface area contributed by atoms with Gasteiger partial charge in [0.1, 0.15) is 6.17 Å². The van der Waals surface area contributed by atoms with Gasteiger partial charge in [-0.05, 0) is 24.8 Å². The minimum atomic E-state index is 0.553. The van der Waals surface area contributed by atoms with E-state index in [1.807, 2.05) is 0 Å². The molecule has 1 unspecified atom stereocenters. The average molecular weight is 427 g/mol. The molecule has 1 aromatic carbocycles. The van der Waals surface area contributed by atoms with Crippen molar-refractivity contribution in [1.82, 2.24) is 9.80 Å². The molecule has 0 spiro atoms. The van der Waals surface area contributed by atoms with Crippen LogP contribution in [0.1, 0.15) is 122 Å². The molecule has 1 aliphatic heterocycles. The fourth-order valence-corrected chi connectivity index (χ4v) is 4.85. The summed E-state index contributed by atoms with van der Waals surface area (Å²) in [6, 6.07) is 10.9. The lowest BCUT2D eigenvalue weighted by Crippen LogP contribution is -2.38. The first-order chi connectivity index (χ1) is 15.3. The van der Waals surface area contributed by atoms with Crippen LogP contribution in [0.25, 0.3) is 0 Å². The van der Waals surface area contributed by atoms with Crippen LogP contribution in [0.15, 0.2) is 42.7 Å². The van der Waals surface area contributed by atoms with Crippen molar-refractivity contribution < 1.29 is 0 Å². The van der Waals surface area contributed by atoms with Gasteiger partial charge < -0.3 is 9.80 Å². The summed E-state index contributed by atoms with van der Waals surface area (Å²) in [6.45, 7) is 6.79. The maximum Gasteiger partial charge on any atom is 0.101 e. The monoisotopic (exact) mass is 426 g/mol. The molecule has 0 saturated carbocycles. The molecule has 176 valence electrons. The third-order valence-corrected chi connectivity index (χ3v) is 6.72. The van der Waals surface area contributed by atoms with Gasteiger partial charge in [0.2, 0.25) is 0 Å². The second kappa shape index (κ2) is 17.2. The third kappa shape index (κ3) is 11.1. The number of nitrogens with zero attached hydrogens (tertiary/aromatic N) is 2. The second-order valence-corrected chi connectivity index (χ2v) is 9.56. The standard InChI is InChI=1S/C29H50N2/c1-3-5-6-7-8-9-10-11-12-13-14-15-16-20-23-29-30(24-4-2)25-26-31(29)27-28-21-18-17-19-22-28/h17-19,21-22,25-26,29H,3-16,20,23-24,27H2,1-2H3. The highest BCUT2D eigenvalue weighted by atomic mass is 15.4. The van der Waals surface area contributed by atoms with Crippen molar-refractivity contribution >= 4 is 0 Å². The first-order valence-electron chi connectivity index (χ1n) is 13.6. The molecule has 0 radical (unpaired) electrons. The van der Waals surface area contributed by atoms with Crippen molar-refractivity contribution in [3.05, 3.63) is 48.3 Å². The van der Waals surface area contributed by atoms with E-state index >= 15 is 0 Å². The van der Waals surface area contributed by atoms with Crippen LogP contribution in [0.4, 0.5) is 0 Å². The van der Waals surface area contributed by atoms with Crippen LogP contribution in [-0.4, -0.2) is 22.5 Å². The van der Waals surface area contributed by atoms with Crippen molar-refractivity contribution in [2.24, 2.45) is 0 Å². The second-order valence-electron chi connectivity index (χ2n) is 9.56. The van der Waals surface area contributed by atoms with Gasteiger partial charge in [0.05, 0.1) is 0 Å². The van der Waals surface area contributed by atoms with E-state index in [1.165, 1.54) is 115 Å². The van der Waals surface area contributed by atoms with Crippen molar-refractivity contribution in [2.75, 3.05) is 6.54 Å². The Morgan fingerprint density at radius 3 is 1.65 bits per heavy atom. The van der Waals surface area contributed by atoms with Crippen LogP contribution < -0.4 is 0 Å². The van der Waals surface area contributed by atoms with E-state index in [0.717, 1.165) is 6.54 Å².